The topological polar surface area (TPSA) is 101 Å². The van der Waals surface area contributed by atoms with Gasteiger partial charge in [0.05, 0.1) is 17.0 Å². The molecule has 0 aliphatic rings. The summed E-state index contributed by atoms with van der Waals surface area (Å²) in [6, 6.07) is 0. The minimum Gasteiger partial charge on any atom is -0.392 e. The second kappa shape index (κ2) is 10.2. The van der Waals surface area contributed by atoms with E-state index in [1.165, 1.54) is 12.4 Å². The van der Waals surface area contributed by atoms with Gasteiger partial charge < -0.3 is 11.5 Å². The van der Waals surface area contributed by atoms with Crippen LogP contribution in [0.3, 0.4) is 0 Å². The van der Waals surface area contributed by atoms with Crippen LogP contribution in [-0.2, 0) is 0 Å². The van der Waals surface area contributed by atoms with Crippen molar-refractivity contribution >= 4 is 64.5 Å². The first kappa shape index (κ1) is 17.3. The monoisotopic (exact) mass is 439 g/mol. The van der Waals surface area contributed by atoms with E-state index in [1.807, 2.05) is 12.2 Å². The first-order chi connectivity index (χ1) is 8.41. The number of rotatable bonds is 6. The van der Waals surface area contributed by atoms with Crippen LogP contribution >= 0.6 is 47.8 Å². The largest absolute Gasteiger partial charge is 0.392 e. The van der Waals surface area contributed by atoms with E-state index in [1.54, 1.807) is 6.08 Å². The maximum Gasteiger partial charge on any atom is 0.134 e. The van der Waals surface area contributed by atoms with Crippen molar-refractivity contribution in [2.75, 3.05) is 0 Å². The Kier molecular flexibility index (Phi) is 9.80. The van der Waals surface area contributed by atoms with Crippen LogP contribution in [0.5, 0.6) is 0 Å². The van der Waals surface area contributed by atoms with Gasteiger partial charge >= 0.3 is 0 Å². The van der Waals surface area contributed by atoms with Gasteiger partial charge in [-0.2, -0.15) is 0 Å². The molecule has 98 valence electrons. The second-order valence-corrected chi connectivity index (χ2v) is 5.38. The molecular weight excluding hydrogens is 430 g/mol. The van der Waals surface area contributed by atoms with Crippen LogP contribution in [0, 0.1) is 5.41 Å². The number of halogens is 3. The van der Waals surface area contributed by atoms with Gasteiger partial charge in [-0.05, 0) is 66.4 Å². The van der Waals surface area contributed by atoms with Crippen LogP contribution in [0.15, 0.2) is 43.6 Å². The summed E-state index contributed by atoms with van der Waals surface area (Å²) in [4.78, 5) is 7.90. The molecule has 0 saturated carbocycles. The molecule has 0 rings (SSSR count). The molecule has 0 heterocycles. The Bertz CT molecular complexity index is 431. The zero-order chi connectivity index (χ0) is 14.0. The summed E-state index contributed by atoms with van der Waals surface area (Å²) in [6.07, 6.45) is 8.90. The number of hydrogen-bond donors (Lipinski definition) is 3. The maximum absolute atomic E-state index is 6.96. The van der Waals surface area contributed by atoms with E-state index in [2.05, 4.69) is 57.8 Å². The Morgan fingerprint density at radius 2 is 1.89 bits per heavy atom. The van der Waals surface area contributed by atoms with Crippen molar-refractivity contribution in [3.05, 3.63) is 33.6 Å². The van der Waals surface area contributed by atoms with E-state index in [9.17, 15) is 0 Å². The summed E-state index contributed by atoms with van der Waals surface area (Å²) in [5.41, 5.74) is 10.5. The SMILES string of the molecule is N=C(N)/C=N\C(Br)=C/C/C=C/C(Br)=N\C=C(/N)Br. The Hall–Kier alpha value is -0.730. The lowest BCUT2D eigenvalue weighted by atomic mass is 10.4. The summed E-state index contributed by atoms with van der Waals surface area (Å²) in [5.74, 6) is -0.0927. The average Bonchev–Trinajstić information content (AvgIpc) is 2.29. The fraction of sp³-hybridized carbons (Fsp3) is 0.100. The lowest BCUT2D eigenvalue weighted by Gasteiger charge is -1.89. The minimum atomic E-state index is -0.0927. The summed E-state index contributed by atoms with van der Waals surface area (Å²) in [5, 5.41) is 6.96. The van der Waals surface area contributed by atoms with Gasteiger partial charge in [0.25, 0.3) is 0 Å². The Morgan fingerprint density at radius 1 is 1.22 bits per heavy atom. The molecule has 0 unspecified atom stereocenters. The zero-order valence-corrected chi connectivity index (χ0v) is 14.0. The zero-order valence-electron chi connectivity index (χ0n) is 9.28. The number of hydrogen-bond acceptors (Lipinski definition) is 4. The number of allylic oxidation sites excluding steroid dienone is 3. The highest BCUT2D eigenvalue weighted by Crippen LogP contribution is 2.07. The van der Waals surface area contributed by atoms with E-state index in [0.717, 1.165) is 0 Å². The Balaban J connectivity index is 4.26. The number of amidine groups is 1. The van der Waals surface area contributed by atoms with Crippen LogP contribution < -0.4 is 11.5 Å². The van der Waals surface area contributed by atoms with Gasteiger partial charge in [-0.3, -0.25) is 5.41 Å². The quantitative estimate of drug-likeness (QED) is 0.335. The fourth-order valence-electron chi connectivity index (χ4n) is 0.681. The van der Waals surface area contributed by atoms with Crippen molar-refractivity contribution in [1.29, 1.82) is 5.41 Å². The van der Waals surface area contributed by atoms with E-state index in [0.29, 0.717) is 20.3 Å². The highest BCUT2D eigenvalue weighted by molar-refractivity contribution is 9.18. The number of nitrogens with one attached hydrogen (secondary N) is 1. The summed E-state index contributed by atoms with van der Waals surface area (Å²) in [7, 11) is 0. The molecule has 18 heavy (non-hydrogen) atoms. The molecule has 5 N–H and O–H groups in total. The molecule has 0 spiro atoms. The first-order valence-electron chi connectivity index (χ1n) is 4.66. The molecule has 0 radical (unpaired) electrons. The molecule has 5 nitrogen and oxygen atoms in total. The van der Waals surface area contributed by atoms with Crippen LogP contribution in [0.25, 0.3) is 0 Å². The molecule has 0 fully saturated rings. The third-order valence-corrected chi connectivity index (χ3v) is 2.52. The minimum absolute atomic E-state index is 0.0927. The molecule has 0 saturated heterocycles. The predicted octanol–water partition coefficient (Wildman–Crippen LogP) is 3.12. The third kappa shape index (κ3) is 11.7. The predicted molar refractivity (Wildman–Crippen MR) is 88.7 cm³/mol. The van der Waals surface area contributed by atoms with Crippen molar-refractivity contribution in [3.8, 4) is 0 Å². The van der Waals surface area contributed by atoms with Gasteiger partial charge in [-0.15, -0.1) is 0 Å². The molecule has 0 aliphatic heterocycles. The van der Waals surface area contributed by atoms with E-state index < -0.39 is 0 Å². The number of nitrogens with zero attached hydrogens (tertiary/aromatic N) is 2. The number of aliphatic imine (C=N–C) groups is 2. The molecule has 0 bridgehead atoms. The van der Waals surface area contributed by atoms with Crippen molar-refractivity contribution in [3.63, 3.8) is 0 Å². The molecular formula is C10H12Br3N5. The lowest BCUT2D eigenvalue weighted by Crippen LogP contribution is -2.09. The Labute approximate surface area is 131 Å². The van der Waals surface area contributed by atoms with Crippen LogP contribution in [0.4, 0.5) is 0 Å². The number of nitrogens with two attached hydrogens (primary N) is 2. The molecule has 0 aromatic heterocycles. The maximum atomic E-state index is 6.96. The van der Waals surface area contributed by atoms with Crippen LogP contribution in [-0.4, -0.2) is 16.7 Å². The highest BCUT2D eigenvalue weighted by atomic mass is 79.9. The van der Waals surface area contributed by atoms with Gasteiger partial charge in [-0.1, -0.05) is 6.08 Å². The van der Waals surface area contributed by atoms with Crippen LogP contribution in [0.1, 0.15) is 6.42 Å². The van der Waals surface area contributed by atoms with Gasteiger partial charge in [-0.25, -0.2) is 9.98 Å². The van der Waals surface area contributed by atoms with Gasteiger partial charge in [0.15, 0.2) is 0 Å². The second-order valence-electron chi connectivity index (χ2n) is 2.84. The molecule has 0 aromatic carbocycles. The standard InChI is InChI=1S/C10H12Br3N5/c11-7(14)5-17-8(12)3-1-2-4-9(13)18-6-10(15)16/h1,3-6H,2,14H2,(H3,15,16)/b3-1+,7-5-,9-4-,17-8+,18-6-. The van der Waals surface area contributed by atoms with Gasteiger partial charge in [0, 0.05) is 0 Å². The summed E-state index contributed by atoms with van der Waals surface area (Å²) >= 11 is 9.55. The van der Waals surface area contributed by atoms with Crippen LogP contribution in [0.2, 0.25) is 0 Å². The highest BCUT2D eigenvalue weighted by Gasteiger charge is 1.87. The molecule has 0 amide bonds. The first-order valence-corrected chi connectivity index (χ1v) is 7.04. The van der Waals surface area contributed by atoms with Crippen molar-refractivity contribution in [2.45, 2.75) is 6.42 Å². The molecule has 8 heteroatoms. The fourth-order valence-corrected chi connectivity index (χ4v) is 1.36. The van der Waals surface area contributed by atoms with E-state index in [-0.39, 0.29) is 5.84 Å². The summed E-state index contributed by atoms with van der Waals surface area (Å²) in [6.45, 7) is 0. The van der Waals surface area contributed by atoms with Gasteiger partial charge in [0.2, 0.25) is 0 Å². The van der Waals surface area contributed by atoms with Crippen molar-refractivity contribution in [1.82, 2.24) is 0 Å². The smallest absolute Gasteiger partial charge is 0.134 e. The van der Waals surface area contributed by atoms with Gasteiger partial charge in [0.1, 0.15) is 15.1 Å². The summed E-state index contributed by atoms with van der Waals surface area (Å²) < 4.78 is 1.72. The normalized spacial score (nSPS) is 14.7. The molecule has 0 aliphatic carbocycles. The molecule has 0 atom stereocenters. The van der Waals surface area contributed by atoms with E-state index >= 15 is 0 Å². The van der Waals surface area contributed by atoms with Crippen molar-refractivity contribution in [2.24, 2.45) is 21.5 Å². The molecule has 0 aromatic rings. The average molecular weight is 442 g/mol. The van der Waals surface area contributed by atoms with E-state index in [4.69, 9.17) is 16.9 Å². The Morgan fingerprint density at radius 3 is 2.44 bits per heavy atom. The lowest BCUT2D eigenvalue weighted by molar-refractivity contribution is 1.35. The third-order valence-electron chi connectivity index (χ3n) is 1.32. The van der Waals surface area contributed by atoms with Crippen molar-refractivity contribution < 1.29 is 0 Å².